The molecule has 21 heavy (non-hydrogen) atoms. The molecule has 1 saturated heterocycles. The molecule has 0 aliphatic carbocycles. The van der Waals surface area contributed by atoms with Crippen molar-refractivity contribution in [3.8, 4) is 6.07 Å². The Morgan fingerprint density at radius 1 is 1.38 bits per heavy atom. The molecule has 1 atom stereocenters. The quantitative estimate of drug-likeness (QED) is 0.671. The molecule has 6 heteroatoms. The lowest BCUT2D eigenvalue weighted by atomic mass is 10.1. The van der Waals surface area contributed by atoms with Crippen LogP contribution in [0.25, 0.3) is 6.08 Å². The summed E-state index contributed by atoms with van der Waals surface area (Å²) < 4.78 is 22.7. The van der Waals surface area contributed by atoms with Gasteiger partial charge in [-0.05, 0) is 25.0 Å². The highest BCUT2D eigenvalue weighted by Crippen LogP contribution is 2.13. The summed E-state index contributed by atoms with van der Waals surface area (Å²) in [7, 11) is -3.05. The number of rotatable bonds is 3. The maximum atomic E-state index is 12.0. The molecule has 1 fully saturated rings. The standard InChI is InChI=1S/C15H16N2O3S/c1-11-2-4-12(5-3-11)8-13(9-16)15(18)17-14-6-7-21(19,20)10-14/h2-5,8,14H,6-7,10H2,1H3,(H,17,18)/b13-8+/t14-/m0/s1. The van der Waals surface area contributed by atoms with Crippen molar-refractivity contribution in [2.45, 2.75) is 19.4 Å². The zero-order valence-corrected chi connectivity index (χ0v) is 12.5. The lowest BCUT2D eigenvalue weighted by Crippen LogP contribution is -2.36. The predicted octanol–water partition coefficient (Wildman–Crippen LogP) is 1.21. The largest absolute Gasteiger partial charge is 0.348 e. The van der Waals surface area contributed by atoms with Gasteiger partial charge in [-0.15, -0.1) is 0 Å². The minimum Gasteiger partial charge on any atom is -0.348 e. The number of nitrogens with one attached hydrogen (secondary N) is 1. The molecule has 1 aromatic carbocycles. The molecule has 2 rings (SSSR count). The summed E-state index contributed by atoms with van der Waals surface area (Å²) in [5, 5.41) is 11.7. The monoisotopic (exact) mass is 304 g/mol. The molecule has 0 bridgehead atoms. The highest BCUT2D eigenvalue weighted by atomic mass is 32.2. The summed E-state index contributed by atoms with van der Waals surface area (Å²) in [6, 6.07) is 8.88. The van der Waals surface area contributed by atoms with Crippen LogP contribution in [-0.2, 0) is 14.6 Å². The molecule has 1 aliphatic rings. The van der Waals surface area contributed by atoms with E-state index in [1.54, 1.807) is 0 Å². The van der Waals surface area contributed by atoms with E-state index >= 15 is 0 Å². The highest BCUT2D eigenvalue weighted by Gasteiger charge is 2.29. The third kappa shape index (κ3) is 4.17. The van der Waals surface area contributed by atoms with E-state index in [9.17, 15) is 13.2 Å². The van der Waals surface area contributed by atoms with Gasteiger partial charge in [0.15, 0.2) is 9.84 Å². The van der Waals surface area contributed by atoms with Gasteiger partial charge in [0.1, 0.15) is 11.6 Å². The Morgan fingerprint density at radius 2 is 2.05 bits per heavy atom. The van der Waals surface area contributed by atoms with E-state index in [0.29, 0.717) is 6.42 Å². The molecule has 110 valence electrons. The van der Waals surface area contributed by atoms with Crippen LogP contribution >= 0.6 is 0 Å². The van der Waals surface area contributed by atoms with E-state index < -0.39 is 21.8 Å². The molecule has 0 spiro atoms. The second-order valence-electron chi connectivity index (χ2n) is 5.15. The van der Waals surface area contributed by atoms with Crippen molar-refractivity contribution in [3.05, 3.63) is 41.0 Å². The molecule has 1 heterocycles. The Hall–Kier alpha value is -2.13. The van der Waals surface area contributed by atoms with Crippen molar-refractivity contribution in [2.24, 2.45) is 0 Å². The number of hydrogen-bond acceptors (Lipinski definition) is 4. The number of aryl methyl sites for hydroxylation is 1. The van der Waals surface area contributed by atoms with E-state index in [4.69, 9.17) is 5.26 Å². The molecule has 1 aromatic rings. The smallest absolute Gasteiger partial charge is 0.262 e. The SMILES string of the molecule is Cc1ccc(/C=C(\C#N)C(=O)N[C@H]2CCS(=O)(=O)C2)cc1. The van der Waals surface area contributed by atoms with Gasteiger partial charge in [0.05, 0.1) is 11.5 Å². The molecular weight excluding hydrogens is 288 g/mol. The second kappa shape index (κ2) is 6.10. The maximum Gasteiger partial charge on any atom is 0.262 e. The first-order valence-corrected chi connectivity index (χ1v) is 8.41. The molecule has 1 amide bonds. The fourth-order valence-electron chi connectivity index (χ4n) is 2.15. The first-order valence-electron chi connectivity index (χ1n) is 6.59. The Bertz CT molecular complexity index is 712. The van der Waals surface area contributed by atoms with Gasteiger partial charge in [0.25, 0.3) is 5.91 Å². The lowest BCUT2D eigenvalue weighted by molar-refractivity contribution is -0.117. The van der Waals surface area contributed by atoms with Crippen LogP contribution in [0.4, 0.5) is 0 Å². The Morgan fingerprint density at radius 3 is 2.57 bits per heavy atom. The van der Waals surface area contributed by atoms with Crippen molar-refractivity contribution in [1.29, 1.82) is 5.26 Å². The van der Waals surface area contributed by atoms with Crippen molar-refractivity contribution >= 4 is 21.8 Å². The van der Waals surface area contributed by atoms with E-state index in [-0.39, 0.29) is 17.1 Å². The van der Waals surface area contributed by atoms with Crippen molar-refractivity contribution in [1.82, 2.24) is 5.32 Å². The summed E-state index contributed by atoms with van der Waals surface area (Å²) in [4.78, 5) is 12.0. The molecule has 0 aromatic heterocycles. The summed E-state index contributed by atoms with van der Waals surface area (Å²) >= 11 is 0. The molecule has 1 N–H and O–H groups in total. The number of benzene rings is 1. The van der Waals surface area contributed by atoms with Gasteiger partial charge >= 0.3 is 0 Å². The van der Waals surface area contributed by atoms with Crippen LogP contribution in [0, 0.1) is 18.3 Å². The van der Waals surface area contributed by atoms with Gasteiger partial charge in [-0.2, -0.15) is 5.26 Å². The van der Waals surface area contributed by atoms with Gasteiger partial charge in [-0.3, -0.25) is 4.79 Å². The van der Waals surface area contributed by atoms with Crippen molar-refractivity contribution < 1.29 is 13.2 Å². The number of nitrogens with zero attached hydrogens (tertiary/aromatic N) is 1. The number of amides is 1. The molecule has 0 radical (unpaired) electrons. The Labute approximate surface area is 124 Å². The maximum absolute atomic E-state index is 12.0. The number of carbonyl (C=O) groups excluding carboxylic acids is 1. The van der Waals surface area contributed by atoms with Gasteiger partial charge < -0.3 is 5.32 Å². The van der Waals surface area contributed by atoms with Gasteiger partial charge in [0, 0.05) is 6.04 Å². The van der Waals surface area contributed by atoms with E-state index in [2.05, 4.69) is 5.32 Å². The van der Waals surface area contributed by atoms with Crippen LogP contribution < -0.4 is 5.32 Å². The average molecular weight is 304 g/mol. The Kier molecular flexibility index (Phi) is 4.43. The van der Waals surface area contributed by atoms with Crippen LogP contribution in [-0.4, -0.2) is 31.9 Å². The first-order chi connectivity index (χ1) is 9.89. The lowest BCUT2D eigenvalue weighted by Gasteiger charge is -2.09. The molecule has 0 saturated carbocycles. The van der Waals surface area contributed by atoms with Crippen LogP contribution in [0.1, 0.15) is 17.5 Å². The topological polar surface area (TPSA) is 87.0 Å². The summed E-state index contributed by atoms with van der Waals surface area (Å²) in [5.74, 6) is -0.496. The fraction of sp³-hybridized carbons (Fsp3) is 0.333. The average Bonchev–Trinajstić information content (AvgIpc) is 2.77. The summed E-state index contributed by atoms with van der Waals surface area (Å²) in [6.07, 6.45) is 1.90. The molecule has 5 nitrogen and oxygen atoms in total. The first kappa shape index (κ1) is 15.3. The predicted molar refractivity (Wildman–Crippen MR) is 80.0 cm³/mol. The van der Waals surface area contributed by atoms with Gasteiger partial charge in [0.2, 0.25) is 0 Å². The third-order valence-electron chi connectivity index (χ3n) is 3.32. The van der Waals surface area contributed by atoms with Crippen LogP contribution in [0.2, 0.25) is 0 Å². The number of hydrogen-bond donors (Lipinski definition) is 1. The van der Waals surface area contributed by atoms with Gasteiger partial charge in [-0.1, -0.05) is 29.8 Å². The van der Waals surface area contributed by atoms with Crippen molar-refractivity contribution in [3.63, 3.8) is 0 Å². The van der Waals surface area contributed by atoms with E-state index in [1.165, 1.54) is 6.08 Å². The minimum absolute atomic E-state index is 0.0249. The van der Waals surface area contributed by atoms with Crippen molar-refractivity contribution in [2.75, 3.05) is 11.5 Å². The number of carbonyl (C=O) groups is 1. The number of sulfone groups is 1. The Balaban J connectivity index is 2.09. The minimum atomic E-state index is -3.05. The molecule has 1 aliphatic heterocycles. The zero-order chi connectivity index (χ0) is 15.5. The number of nitriles is 1. The van der Waals surface area contributed by atoms with Gasteiger partial charge in [-0.25, -0.2) is 8.42 Å². The normalized spacial score (nSPS) is 20.8. The molecule has 0 unspecified atom stereocenters. The van der Waals surface area contributed by atoms with E-state index in [1.807, 2.05) is 37.3 Å². The fourth-order valence-corrected chi connectivity index (χ4v) is 3.82. The summed E-state index contributed by atoms with van der Waals surface area (Å²) in [6.45, 7) is 1.95. The third-order valence-corrected chi connectivity index (χ3v) is 5.09. The van der Waals surface area contributed by atoms with Crippen LogP contribution in [0.3, 0.4) is 0 Å². The molecular formula is C15H16N2O3S. The van der Waals surface area contributed by atoms with Crippen LogP contribution in [0.15, 0.2) is 29.8 Å². The summed E-state index contributed by atoms with van der Waals surface area (Å²) in [5.41, 5.74) is 1.82. The van der Waals surface area contributed by atoms with E-state index in [0.717, 1.165) is 11.1 Å². The highest BCUT2D eigenvalue weighted by molar-refractivity contribution is 7.91. The second-order valence-corrected chi connectivity index (χ2v) is 7.38. The zero-order valence-electron chi connectivity index (χ0n) is 11.7. The van der Waals surface area contributed by atoms with Crippen LogP contribution in [0.5, 0.6) is 0 Å².